The molecule has 57 heavy (non-hydrogen) atoms. The van der Waals surface area contributed by atoms with Crippen LogP contribution in [0.3, 0.4) is 0 Å². The third-order valence-corrected chi connectivity index (χ3v) is 12.7. The van der Waals surface area contributed by atoms with Gasteiger partial charge in [0.2, 0.25) is 0 Å². The second-order valence-corrected chi connectivity index (χ2v) is 15.8. The molecular formula is C52H36N4S. The van der Waals surface area contributed by atoms with E-state index < -0.39 is 0 Å². The average Bonchev–Trinajstić information content (AvgIpc) is 3.93. The zero-order valence-corrected chi connectivity index (χ0v) is 32.4. The maximum absolute atomic E-state index is 5.10. The molecule has 0 spiro atoms. The van der Waals surface area contributed by atoms with Crippen LogP contribution in [0.15, 0.2) is 164 Å². The lowest BCUT2D eigenvalue weighted by Crippen LogP contribution is -2.00. The SMILES string of the molecule is C/C=C\c1c(C)c2ccccc2n1-c1ccc2c(c1)-c1cc(-c3cccc4c3sc3c(-c5nc(-c6ccccc6)nc(-c6ccccc6)n5)cccc34)ccc1C2. The summed E-state index contributed by atoms with van der Waals surface area (Å²) >= 11 is 1.83. The third-order valence-electron chi connectivity index (χ3n) is 11.4. The quantitative estimate of drug-likeness (QED) is 0.170. The van der Waals surface area contributed by atoms with Crippen LogP contribution in [0.1, 0.15) is 29.3 Å². The first-order chi connectivity index (χ1) is 28.1. The van der Waals surface area contributed by atoms with Gasteiger partial charge in [0.1, 0.15) is 0 Å². The summed E-state index contributed by atoms with van der Waals surface area (Å²) in [5, 5.41) is 3.74. The Balaban J connectivity index is 1.05. The highest BCUT2D eigenvalue weighted by Gasteiger charge is 2.23. The maximum Gasteiger partial charge on any atom is 0.165 e. The number of para-hydroxylation sites is 1. The van der Waals surface area contributed by atoms with Crippen LogP contribution in [-0.4, -0.2) is 19.5 Å². The van der Waals surface area contributed by atoms with E-state index in [9.17, 15) is 0 Å². The van der Waals surface area contributed by atoms with Crippen LogP contribution in [0.5, 0.6) is 0 Å². The van der Waals surface area contributed by atoms with Crippen molar-refractivity contribution in [3.05, 3.63) is 186 Å². The molecule has 4 nitrogen and oxygen atoms in total. The second-order valence-electron chi connectivity index (χ2n) is 14.8. The first kappa shape index (κ1) is 33.4. The van der Waals surface area contributed by atoms with Crippen molar-refractivity contribution >= 4 is 48.5 Å². The number of nitrogens with zero attached hydrogens (tertiary/aromatic N) is 4. The molecular weight excluding hydrogens is 713 g/mol. The topological polar surface area (TPSA) is 43.6 Å². The molecule has 1 aliphatic carbocycles. The maximum atomic E-state index is 5.10. The number of hydrogen-bond acceptors (Lipinski definition) is 4. The van der Waals surface area contributed by atoms with Crippen LogP contribution in [0.2, 0.25) is 0 Å². The van der Waals surface area contributed by atoms with E-state index in [4.69, 9.17) is 15.0 Å². The highest BCUT2D eigenvalue weighted by Crippen LogP contribution is 2.46. The van der Waals surface area contributed by atoms with Crippen molar-refractivity contribution in [2.75, 3.05) is 0 Å². The van der Waals surface area contributed by atoms with E-state index in [0.717, 1.165) is 23.1 Å². The van der Waals surface area contributed by atoms with Crippen LogP contribution in [0.25, 0.3) is 99.3 Å². The zero-order valence-electron chi connectivity index (χ0n) is 31.6. The zero-order chi connectivity index (χ0) is 38.0. The first-order valence-corrected chi connectivity index (χ1v) is 20.3. The van der Waals surface area contributed by atoms with Crippen LogP contribution in [-0.2, 0) is 6.42 Å². The van der Waals surface area contributed by atoms with Gasteiger partial charge in [0.25, 0.3) is 0 Å². The number of aromatic nitrogens is 4. The lowest BCUT2D eigenvalue weighted by Gasteiger charge is -2.12. The van der Waals surface area contributed by atoms with Gasteiger partial charge in [-0.25, -0.2) is 15.0 Å². The van der Waals surface area contributed by atoms with Crippen molar-refractivity contribution in [2.24, 2.45) is 0 Å². The fourth-order valence-electron chi connectivity index (χ4n) is 8.67. The molecule has 0 saturated heterocycles. The van der Waals surface area contributed by atoms with Gasteiger partial charge in [-0.1, -0.05) is 133 Å². The fraction of sp³-hybridized carbons (Fsp3) is 0.0577. The predicted molar refractivity (Wildman–Crippen MR) is 239 cm³/mol. The van der Waals surface area contributed by atoms with E-state index in [1.165, 1.54) is 81.4 Å². The molecule has 7 aromatic carbocycles. The Kier molecular flexibility index (Phi) is 7.83. The smallest absolute Gasteiger partial charge is 0.165 e. The van der Waals surface area contributed by atoms with Gasteiger partial charge in [-0.05, 0) is 95.6 Å². The molecule has 270 valence electrons. The molecule has 0 radical (unpaired) electrons. The molecule has 3 heterocycles. The normalized spacial score (nSPS) is 12.2. The molecule has 10 aromatic rings. The molecule has 0 amide bonds. The summed E-state index contributed by atoms with van der Waals surface area (Å²) in [6.07, 6.45) is 5.31. The number of rotatable bonds is 6. The minimum Gasteiger partial charge on any atom is -0.310 e. The van der Waals surface area contributed by atoms with Crippen LogP contribution >= 0.6 is 11.3 Å². The Bertz CT molecular complexity index is 3170. The molecule has 11 rings (SSSR count). The van der Waals surface area contributed by atoms with Gasteiger partial charge >= 0.3 is 0 Å². The van der Waals surface area contributed by atoms with Crippen molar-refractivity contribution in [2.45, 2.75) is 20.3 Å². The Labute approximate surface area is 335 Å². The molecule has 0 atom stereocenters. The highest BCUT2D eigenvalue weighted by atomic mass is 32.1. The number of fused-ring (bicyclic) bond motifs is 7. The first-order valence-electron chi connectivity index (χ1n) is 19.4. The van der Waals surface area contributed by atoms with E-state index >= 15 is 0 Å². The van der Waals surface area contributed by atoms with Gasteiger partial charge in [-0.2, -0.15) is 0 Å². The summed E-state index contributed by atoms with van der Waals surface area (Å²) in [7, 11) is 0. The number of benzene rings is 7. The van der Waals surface area contributed by atoms with Crippen molar-refractivity contribution < 1.29 is 0 Å². The largest absolute Gasteiger partial charge is 0.310 e. The molecule has 0 bridgehead atoms. The summed E-state index contributed by atoms with van der Waals surface area (Å²) in [5.74, 6) is 2.01. The molecule has 0 saturated carbocycles. The standard InChI is InChI=1S/C52H36N4S/c1-3-14-46-32(2)39-19-10-11-24-47(39)56(46)38-28-27-36-29-35-25-26-37(30-44(35)45(36)31-38)40-20-12-21-41-42-22-13-23-43(49(42)57-48(40)41)52-54-50(33-15-6-4-7-16-33)53-51(55-52)34-17-8-5-9-18-34/h3-28,30-31H,29H2,1-2H3/b14-3-. The molecule has 5 heteroatoms. The average molecular weight is 749 g/mol. The summed E-state index contributed by atoms with van der Waals surface area (Å²) < 4.78 is 4.85. The van der Waals surface area contributed by atoms with E-state index in [2.05, 4.69) is 152 Å². The van der Waals surface area contributed by atoms with Gasteiger partial charge in [0.05, 0.1) is 5.52 Å². The third kappa shape index (κ3) is 5.46. The van der Waals surface area contributed by atoms with Gasteiger partial charge in [-0.15, -0.1) is 11.3 Å². The van der Waals surface area contributed by atoms with Crippen molar-refractivity contribution in [3.63, 3.8) is 0 Å². The number of thiophene rings is 1. The Morgan fingerprint density at radius 2 is 1.09 bits per heavy atom. The van der Waals surface area contributed by atoms with Gasteiger partial charge < -0.3 is 4.57 Å². The van der Waals surface area contributed by atoms with Gasteiger partial charge in [0.15, 0.2) is 17.5 Å². The lowest BCUT2D eigenvalue weighted by molar-refractivity contribution is 1.08. The van der Waals surface area contributed by atoms with Crippen molar-refractivity contribution in [1.82, 2.24) is 19.5 Å². The fourth-order valence-corrected chi connectivity index (χ4v) is 10.0. The Morgan fingerprint density at radius 3 is 1.79 bits per heavy atom. The summed E-state index contributed by atoms with van der Waals surface area (Å²) in [5.41, 5.74) is 15.7. The summed E-state index contributed by atoms with van der Waals surface area (Å²) in [6, 6.07) is 56.4. The molecule has 0 fully saturated rings. The molecule has 0 N–H and O–H groups in total. The number of allylic oxidation sites excluding steroid dienone is 1. The summed E-state index contributed by atoms with van der Waals surface area (Å²) in [6.45, 7) is 4.32. The Morgan fingerprint density at radius 1 is 0.509 bits per heavy atom. The van der Waals surface area contributed by atoms with Crippen molar-refractivity contribution in [1.29, 1.82) is 0 Å². The molecule has 3 aromatic heterocycles. The monoisotopic (exact) mass is 748 g/mol. The highest BCUT2D eigenvalue weighted by molar-refractivity contribution is 7.26. The lowest BCUT2D eigenvalue weighted by atomic mass is 9.97. The van der Waals surface area contributed by atoms with Gasteiger partial charge in [0, 0.05) is 53.6 Å². The van der Waals surface area contributed by atoms with E-state index in [0.29, 0.717) is 17.5 Å². The van der Waals surface area contributed by atoms with E-state index in [-0.39, 0.29) is 0 Å². The van der Waals surface area contributed by atoms with Crippen LogP contribution in [0, 0.1) is 6.92 Å². The van der Waals surface area contributed by atoms with E-state index in [1.54, 1.807) is 0 Å². The van der Waals surface area contributed by atoms with Crippen LogP contribution < -0.4 is 0 Å². The van der Waals surface area contributed by atoms with Gasteiger partial charge in [-0.3, -0.25) is 0 Å². The summed E-state index contributed by atoms with van der Waals surface area (Å²) in [4.78, 5) is 15.2. The molecule has 0 unspecified atom stereocenters. The minimum atomic E-state index is 0.665. The minimum absolute atomic E-state index is 0.665. The molecule has 1 aliphatic rings. The second kappa shape index (κ2) is 13.4. The predicted octanol–water partition coefficient (Wildman–Crippen LogP) is 13.8. The number of aryl methyl sites for hydroxylation is 1. The van der Waals surface area contributed by atoms with Crippen LogP contribution in [0.4, 0.5) is 0 Å². The van der Waals surface area contributed by atoms with Crippen molar-refractivity contribution in [3.8, 4) is 62.1 Å². The number of hydrogen-bond donors (Lipinski definition) is 0. The Hall–Kier alpha value is -6.95. The molecule has 0 aliphatic heterocycles. The van der Waals surface area contributed by atoms with E-state index in [1.807, 2.05) is 47.7 Å².